The maximum atomic E-state index is 15.4. The van der Waals surface area contributed by atoms with Crippen LogP contribution in [0.25, 0.3) is 0 Å². The highest BCUT2D eigenvalue weighted by atomic mass is 19.1. The molecule has 0 aromatic heterocycles. The van der Waals surface area contributed by atoms with Gasteiger partial charge in [0.2, 0.25) is 0 Å². The number of rotatable bonds is 3. The molecule has 0 unspecified atom stereocenters. The maximum Gasteiger partial charge on any atom is 0.302 e. The molecular formula is C23H31FO5. The highest BCUT2D eigenvalue weighted by Crippen LogP contribution is 2.67. The monoisotopic (exact) mass is 406 g/mol. The third kappa shape index (κ3) is 3.01. The van der Waals surface area contributed by atoms with Crippen molar-refractivity contribution in [2.75, 3.05) is 6.61 Å². The van der Waals surface area contributed by atoms with Gasteiger partial charge in [-0.3, -0.25) is 14.4 Å². The Morgan fingerprint density at radius 1 is 1.31 bits per heavy atom. The van der Waals surface area contributed by atoms with E-state index in [1.807, 2.05) is 6.92 Å². The van der Waals surface area contributed by atoms with Gasteiger partial charge < -0.3 is 9.84 Å². The zero-order valence-corrected chi connectivity index (χ0v) is 17.4. The molecule has 0 heterocycles. The van der Waals surface area contributed by atoms with Gasteiger partial charge in [-0.1, -0.05) is 13.8 Å². The lowest BCUT2D eigenvalue weighted by atomic mass is 9.45. The standard InChI is InChI=1S/C23H31FO5/c1-12(26)29-20-10-23(3)15(4-5-16(23)19(28)11-25)14-9-18(24)17-8-13(27)6-7-22(17,2)21(14)20/h8,14-16,18,20-21,25H,4-7,9-11H2,1-3H3/t14-,15-,16+,18-,20+,21+,22-,23-/m0/s1. The van der Waals surface area contributed by atoms with Crippen LogP contribution >= 0.6 is 0 Å². The van der Waals surface area contributed by atoms with Gasteiger partial charge in [0.05, 0.1) is 0 Å². The van der Waals surface area contributed by atoms with Crippen LogP contribution in [-0.2, 0) is 19.1 Å². The number of alkyl halides is 1. The average Bonchev–Trinajstić information content (AvgIpc) is 2.98. The van der Waals surface area contributed by atoms with E-state index in [1.165, 1.54) is 13.0 Å². The molecule has 4 aliphatic rings. The second-order valence-electron chi connectivity index (χ2n) is 10.1. The summed E-state index contributed by atoms with van der Waals surface area (Å²) in [7, 11) is 0. The van der Waals surface area contributed by atoms with Crippen LogP contribution < -0.4 is 0 Å². The van der Waals surface area contributed by atoms with Crippen molar-refractivity contribution in [1.82, 2.24) is 0 Å². The van der Waals surface area contributed by atoms with Crippen molar-refractivity contribution in [2.45, 2.75) is 71.6 Å². The van der Waals surface area contributed by atoms with Crippen LogP contribution in [0.5, 0.6) is 0 Å². The van der Waals surface area contributed by atoms with Crippen LogP contribution in [-0.4, -0.2) is 41.5 Å². The predicted molar refractivity (Wildman–Crippen MR) is 104 cm³/mol. The molecule has 6 heteroatoms. The highest BCUT2D eigenvalue weighted by molar-refractivity contribution is 5.92. The van der Waals surface area contributed by atoms with Gasteiger partial charge in [-0.25, -0.2) is 4.39 Å². The molecule has 0 aromatic rings. The second-order valence-corrected chi connectivity index (χ2v) is 10.1. The lowest BCUT2D eigenvalue weighted by Crippen LogP contribution is -2.59. The van der Waals surface area contributed by atoms with Crippen LogP contribution in [0.2, 0.25) is 0 Å². The number of ether oxygens (including phenoxy) is 1. The second kappa shape index (κ2) is 7.00. The quantitative estimate of drug-likeness (QED) is 0.728. The molecule has 160 valence electrons. The fourth-order valence-corrected chi connectivity index (χ4v) is 7.62. The van der Waals surface area contributed by atoms with E-state index in [2.05, 4.69) is 6.92 Å². The van der Waals surface area contributed by atoms with Gasteiger partial charge in [-0.15, -0.1) is 0 Å². The SMILES string of the molecule is CC(=O)O[C@@H]1C[C@]2(C)[C@@H](C(=O)CO)CC[C@H]2[C@@H]2C[C@H](F)C3=CC(=O)CC[C@]3(C)[C@H]21. The number of aliphatic hydroxyl groups excluding tert-OH is 1. The average molecular weight is 406 g/mol. The van der Waals surface area contributed by atoms with E-state index in [4.69, 9.17) is 4.74 Å². The summed E-state index contributed by atoms with van der Waals surface area (Å²) in [5.74, 6) is -0.780. The van der Waals surface area contributed by atoms with Crippen molar-refractivity contribution in [1.29, 1.82) is 0 Å². The van der Waals surface area contributed by atoms with Gasteiger partial charge >= 0.3 is 5.97 Å². The number of hydrogen-bond acceptors (Lipinski definition) is 5. The van der Waals surface area contributed by atoms with Crippen molar-refractivity contribution < 1.29 is 28.6 Å². The highest BCUT2D eigenvalue weighted by Gasteiger charge is 2.65. The minimum absolute atomic E-state index is 0.0139. The molecule has 0 saturated heterocycles. The Labute approximate surface area is 171 Å². The first-order chi connectivity index (χ1) is 13.6. The summed E-state index contributed by atoms with van der Waals surface area (Å²) in [5, 5.41) is 9.47. The molecule has 0 spiro atoms. The number of fused-ring (bicyclic) bond motifs is 5. The van der Waals surface area contributed by atoms with Gasteiger partial charge in [0.25, 0.3) is 0 Å². The predicted octanol–water partition coefficient (Wildman–Crippen LogP) is 3.19. The number of carbonyl (C=O) groups is 3. The van der Waals surface area contributed by atoms with Crippen molar-refractivity contribution in [3.63, 3.8) is 0 Å². The molecule has 3 saturated carbocycles. The van der Waals surface area contributed by atoms with Crippen LogP contribution in [0, 0.1) is 34.5 Å². The Hall–Kier alpha value is -1.56. The van der Waals surface area contributed by atoms with Crippen LogP contribution in [0.4, 0.5) is 4.39 Å². The van der Waals surface area contributed by atoms with Gasteiger partial charge in [0.1, 0.15) is 18.9 Å². The topological polar surface area (TPSA) is 80.7 Å². The molecule has 0 radical (unpaired) electrons. The lowest BCUT2D eigenvalue weighted by molar-refractivity contribution is -0.179. The lowest BCUT2D eigenvalue weighted by Gasteiger charge is -2.60. The van der Waals surface area contributed by atoms with Gasteiger partial charge in [-0.05, 0) is 66.4 Å². The Bertz CT molecular complexity index is 775. The first-order valence-electron chi connectivity index (χ1n) is 10.8. The Balaban J connectivity index is 1.79. The Morgan fingerprint density at radius 3 is 2.69 bits per heavy atom. The zero-order valence-electron chi connectivity index (χ0n) is 17.4. The summed E-state index contributed by atoms with van der Waals surface area (Å²) in [4.78, 5) is 36.5. The number of ketones is 2. The number of aliphatic hydroxyl groups is 1. The molecule has 0 amide bonds. The minimum Gasteiger partial charge on any atom is -0.462 e. The summed E-state index contributed by atoms with van der Waals surface area (Å²) in [5.41, 5.74) is -0.364. The molecule has 0 aliphatic heterocycles. The van der Waals surface area contributed by atoms with Crippen molar-refractivity contribution in [3.05, 3.63) is 11.6 Å². The van der Waals surface area contributed by atoms with Crippen LogP contribution in [0.3, 0.4) is 0 Å². The third-order valence-corrected chi connectivity index (χ3v) is 8.71. The van der Waals surface area contributed by atoms with Crippen molar-refractivity contribution >= 4 is 17.5 Å². The molecular weight excluding hydrogens is 375 g/mol. The Kier molecular flexibility index (Phi) is 5.00. The smallest absolute Gasteiger partial charge is 0.302 e. The maximum absolute atomic E-state index is 15.4. The number of halogens is 1. The third-order valence-electron chi connectivity index (χ3n) is 8.71. The Morgan fingerprint density at radius 2 is 2.03 bits per heavy atom. The van der Waals surface area contributed by atoms with Gasteiger partial charge in [0.15, 0.2) is 11.6 Å². The summed E-state index contributed by atoms with van der Waals surface area (Å²) < 4.78 is 21.2. The van der Waals surface area contributed by atoms with E-state index in [0.29, 0.717) is 37.7 Å². The normalized spacial score (nSPS) is 46.2. The van der Waals surface area contributed by atoms with E-state index in [9.17, 15) is 19.5 Å². The molecule has 1 N–H and O–H groups in total. The van der Waals surface area contributed by atoms with E-state index < -0.39 is 29.7 Å². The van der Waals surface area contributed by atoms with Gasteiger partial charge in [-0.2, -0.15) is 0 Å². The van der Waals surface area contributed by atoms with E-state index in [-0.39, 0.29) is 41.2 Å². The van der Waals surface area contributed by atoms with Crippen LogP contribution in [0.1, 0.15) is 59.3 Å². The molecule has 3 fully saturated rings. The summed E-state index contributed by atoms with van der Waals surface area (Å²) in [6.07, 6.45) is 3.21. The fraction of sp³-hybridized carbons (Fsp3) is 0.783. The number of allylic oxidation sites excluding steroid dienone is 1. The number of hydrogen-bond donors (Lipinski definition) is 1. The summed E-state index contributed by atoms with van der Waals surface area (Å²) in [6.45, 7) is 4.98. The fourth-order valence-electron chi connectivity index (χ4n) is 7.62. The van der Waals surface area contributed by atoms with E-state index in [1.54, 1.807) is 0 Å². The van der Waals surface area contributed by atoms with Gasteiger partial charge in [0, 0.05) is 25.2 Å². The van der Waals surface area contributed by atoms with Crippen molar-refractivity contribution in [2.24, 2.45) is 34.5 Å². The van der Waals surface area contributed by atoms with E-state index >= 15 is 4.39 Å². The van der Waals surface area contributed by atoms with E-state index in [0.717, 1.165) is 6.42 Å². The molecule has 4 rings (SSSR count). The molecule has 29 heavy (non-hydrogen) atoms. The minimum atomic E-state index is -1.18. The molecule has 5 nitrogen and oxygen atoms in total. The first kappa shape index (κ1) is 20.7. The number of esters is 1. The molecule has 0 bridgehead atoms. The molecule has 8 atom stereocenters. The zero-order chi connectivity index (χ0) is 21.1. The molecule has 4 aliphatic carbocycles. The summed E-state index contributed by atoms with van der Waals surface area (Å²) >= 11 is 0. The molecule has 0 aromatic carbocycles. The van der Waals surface area contributed by atoms with Crippen molar-refractivity contribution in [3.8, 4) is 0 Å². The van der Waals surface area contributed by atoms with Crippen LogP contribution in [0.15, 0.2) is 11.6 Å². The number of Topliss-reactive ketones (excluding diaryl/α,β-unsaturated/α-hetero) is 1. The first-order valence-corrected chi connectivity index (χ1v) is 10.8. The summed E-state index contributed by atoms with van der Waals surface area (Å²) in [6, 6.07) is 0. The largest absolute Gasteiger partial charge is 0.462 e. The number of carbonyl (C=O) groups excluding carboxylic acids is 3.